The van der Waals surface area contributed by atoms with Gasteiger partial charge in [-0.2, -0.15) is 5.10 Å². The molecular weight excluding hydrogens is 230 g/mol. The van der Waals surface area contributed by atoms with Crippen LogP contribution in [-0.4, -0.2) is 31.4 Å². The van der Waals surface area contributed by atoms with Gasteiger partial charge in [0.25, 0.3) is 0 Å². The maximum absolute atomic E-state index is 9.89. The Balaban J connectivity index is 2.37. The predicted molar refractivity (Wildman–Crippen MR) is 68.8 cm³/mol. The van der Waals surface area contributed by atoms with Crippen LogP contribution in [-0.2, 0) is 0 Å². The first-order valence-corrected chi connectivity index (χ1v) is 5.99. The number of ether oxygens (including phenoxy) is 1. The van der Waals surface area contributed by atoms with Gasteiger partial charge < -0.3 is 9.84 Å². The molecule has 0 aliphatic carbocycles. The fraction of sp³-hybridized carbons (Fsp3) is 0.538. The van der Waals surface area contributed by atoms with Crippen LogP contribution in [0.2, 0.25) is 0 Å². The van der Waals surface area contributed by atoms with Gasteiger partial charge >= 0.3 is 0 Å². The molecule has 1 unspecified atom stereocenters. The maximum Gasteiger partial charge on any atom is 0.159 e. The number of nitrogens with zero attached hydrogens (tertiary/aromatic N) is 3. The summed E-state index contributed by atoms with van der Waals surface area (Å²) in [6, 6.07) is 0. The van der Waals surface area contributed by atoms with E-state index in [-0.39, 0.29) is 6.10 Å². The molecule has 0 saturated heterocycles. The minimum absolute atomic E-state index is 0.327. The van der Waals surface area contributed by atoms with Crippen molar-refractivity contribution in [3.63, 3.8) is 0 Å². The summed E-state index contributed by atoms with van der Waals surface area (Å²) in [4.78, 5) is 4.46. The lowest BCUT2D eigenvalue weighted by atomic mass is 10.0. The van der Waals surface area contributed by atoms with Gasteiger partial charge in [0.2, 0.25) is 0 Å². The molecule has 0 fully saturated rings. The normalized spacial score (nSPS) is 13.9. The van der Waals surface area contributed by atoms with Crippen molar-refractivity contribution in [2.75, 3.05) is 0 Å². The molecule has 0 aromatic carbocycles. The molecule has 0 bridgehead atoms. The van der Waals surface area contributed by atoms with E-state index in [0.717, 1.165) is 16.9 Å². The minimum atomic E-state index is -0.901. The standard InChI is InChI=1S/C13H19N3O2/c1-8-6-14-16-7-11(9(2)15-12(8)16)18-10(3)13(4,5)17/h6-7,10,17H,1-5H3. The summed E-state index contributed by atoms with van der Waals surface area (Å²) in [5, 5.41) is 14.1. The molecule has 0 amide bonds. The van der Waals surface area contributed by atoms with Crippen molar-refractivity contribution in [3.8, 4) is 5.75 Å². The highest BCUT2D eigenvalue weighted by atomic mass is 16.5. The molecule has 0 aliphatic heterocycles. The number of aromatic nitrogens is 3. The van der Waals surface area contributed by atoms with Gasteiger partial charge in [-0.25, -0.2) is 9.50 Å². The second-order valence-corrected chi connectivity index (χ2v) is 5.20. The average molecular weight is 249 g/mol. The van der Waals surface area contributed by atoms with E-state index in [2.05, 4.69) is 10.1 Å². The molecule has 1 atom stereocenters. The number of aryl methyl sites for hydroxylation is 2. The maximum atomic E-state index is 9.89. The van der Waals surface area contributed by atoms with Gasteiger partial charge in [0, 0.05) is 5.56 Å². The van der Waals surface area contributed by atoms with Crippen molar-refractivity contribution in [3.05, 3.63) is 23.7 Å². The highest BCUT2D eigenvalue weighted by molar-refractivity contribution is 5.48. The zero-order valence-electron chi connectivity index (χ0n) is 11.4. The van der Waals surface area contributed by atoms with Gasteiger partial charge in [-0.3, -0.25) is 0 Å². The van der Waals surface area contributed by atoms with Crippen LogP contribution in [0, 0.1) is 13.8 Å². The van der Waals surface area contributed by atoms with E-state index in [1.54, 1.807) is 30.8 Å². The fourth-order valence-electron chi connectivity index (χ4n) is 1.54. The van der Waals surface area contributed by atoms with E-state index in [9.17, 15) is 5.11 Å². The lowest BCUT2D eigenvalue weighted by Gasteiger charge is -2.26. The minimum Gasteiger partial charge on any atom is -0.484 e. The van der Waals surface area contributed by atoms with Gasteiger partial charge in [0.15, 0.2) is 11.4 Å². The molecule has 2 aromatic rings. The Kier molecular flexibility index (Phi) is 3.02. The van der Waals surface area contributed by atoms with E-state index in [1.165, 1.54) is 0 Å². The van der Waals surface area contributed by atoms with Crippen LogP contribution >= 0.6 is 0 Å². The highest BCUT2D eigenvalue weighted by Crippen LogP contribution is 2.22. The molecule has 0 radical (unpaired) electrons. The first-order chi connectivity index (χ1) is 8.29. The number of fused-ring (bicyclic) bond motifs is 1. The molecule has 2 rings (SSSR count). The Morgan fingerprint density at radius 3 is 2.67 bits per heavy atom. The Morgan fingerprint density at radius 1 is 1.39 bits per heavy atom. The van der Waals surface area contributed by atoms with Crippen LogP contribution in [0.1, 0.15) is 32.0 Å². The topological polar surface area (TPSA) is 59.7 Å². The third kappa shape index (κ3) is 2.31. The van der Waals surface area contributed by atoms with Gasteiger partial charge in [-0.15, -0.1) is 0 Å². The van der Waals surface area contributed by atoms with Gasteiger partial charge in [-0.05, 0) is 34.6 Å². The van der Waals surface area contributed by atoms with Crippen molar-refractivity contribution < 1.29 is 9.84 Å². The summed E-state index contributed by atoms with van der Waals surface area (Å²) in [5.74, 6) is 0.639. The molecule has 1 N–H and O–H groups in total. The molecule has 98 valence electrons. The van der Waals surface area contributed by atoms with Crippen molar-refractivity contribution >= 4 is 5.65 Å². The lowest BCUT2D eigenvalue weighted by Crippen LogP contribution is -2.38. The largest absolute Gasteiger partial charge is 0.484 e. The smallest absolute Gasteiger partial charge is 0.159 e. The number of rotatable bonds is 3. The summed E-state index contributed by atoms with van der Waals surface area (Å²) in [5.41, 5.74) is 1.75. The number of hydrogen-bond acceptors (Lipinski definition) is 4. The summed E-state index contributed by atoms with van der Waals surface area (Å²) >= 11 is 0. The molecule has 0 saturated carbocycles. The Morgan fingerprint density at radius 2 is 2.06 bits per heavy atom. The summed E-state index contributed by atoms with van der Waals surface area (Å²) in [6.07, 6.45) is 3.24. The van der Waals surface area contributed by atoms with Crippen molar-refractivity contribution in [1.82, 2.24) is 14.6 Å². The van der Waals surface area contributed by atoms with Gasteiger partial charge in [-0.1, -0.05) is 0 Å². The second-order valence-electron chi connectivity index (χ2n) is 5.20. The van der Waals surface area contributed by atoms with E-state index in [0.29, 0.717) is 5.75 Å². The quantitative estimate of drug-likeness (QED) is 0.902. The van der Waals surface area contributed by atoms with Crippen molar-refractivity contribution in [1.29, 1.82) is 0 Å². The molecule has 5 nitrogen and oxygen atoms in total. The summed E-state index contributed by atoms with van der Waals surface area (Å²) in [7, 11) is 0. The molecule has 5 heteroatoms. The van der Waals surface area contributed by atoms with Gasteiger partial charge in [0.05, 0.1) is 23.7 Å². The average Bonchev–Trinajstić information content (AvgIpc) is 2.59. The molecule has 0 spiro atoms. The monoisotopic (exact) mass is 249 g/mol. The van der Waals surface area contributed by atoms with Crippen LogP contribution < -0.4 is 4.74 Å². The fourth-order valence-corrected chi connectivity index (χ4v) is 1.54. The highest BCUT2D eigenvalue weighted by Gasteiger charge is 2.25. The molecule has 18 heavy (non-hydrogen) atoms. The second kappa shape index (κ2) is 4.24. The van der Waals surface area contributed by atoms with E-state index in [1.807, 2.05) is 20.8 Å². The molecule has 0 aliphatic rings. The van der Waals surface area contributed by atoms with E-state index in [4.69, 9.17) is 4.74 Å². The molecule has 2 heterocycles. The molecular formula is C13H19N3O2. The van der Waals surface area contributed by atoms with Gasteiger partial charge in [0.1, 0.15) is 6.10 Å². The Hall–Kier alpha value is -1.62. The van der Waals surface area contributed by atoms with E-state index < -0.39 is 5.60 Å². The Bertz CT molecular complexity index is 569. The first kappa shape index (κ1) is 12.8. The third-order valence-corrected chi connectivity index (χ3v) is 3.11. The molecule has 2 aromatic heterocycles. The van der Waals surface area contributed by atoms with Crippen LogP contribution in [0.5, 0.6) is 5.75 Å². The van der Waals surface area contributed by atoms with Crippen molar-refractivity contribution in [2.45, 2.75) is 46.3 Å². The van der Waals surface area contributed by atoms with Crippen LogP contribution in [0.25, 0.3) is 5.65 Å². The Labute approximate surface area is 106 Å². The number of aliphatic hydroxyl groups is 1. The van der Waals surface area contributed by atoms with Crippen molar-refractivity contribution in [2.24, 2.45) is 0 Å². The predicted octanol–water partition coefficient (Wildman–Crippen LogP) is 1.88. The van der Waals surface area contributed by atoms with Crippen LogP contribution in [0.3, 0.4) is 0 Å². The summed E-state index contributed by atoms with van der Waals surface area (Å²) < 4.78 is 7.44. The van der Waals surface area contributed by atoms with Crippen LogP contribution in [0.4, 0.5) is 0 Å². The zero-order valence-corrected chi connectivity index (χ0v) is 11.4. The summed E-state index contributed by atoms with van der Waals surface area (Å²) in [6.45, 7) is 9.12. The SMILES string of the molecule is Cc1nc2c(C)cnn2cc1OC(C)C(C)(C)O. The van der Waals surface area contributed by atoms with E-state index >= 15 is 0 Å². The lowest BCUT2D eigenvalue weighted by molar-refractivity contribution is -0.0247. The number of hydrogen-bond donors (Lipinski definition) is 1. The third-order valence-electron chi connectivity index (χ3n) is 3.11. The first-order valence-electron chi connectivity index (χ1n) is 5.99. The zero-order chi connectivity index (χ0) is 13.5. The van der Waals surface area contributed by atoms with Crippen LogP contribution in [0.15, 0.2) is 12.4 Å².